The highest BCUT2D eigenvalue weighted by atomic mass is 16.6. The molecule has 30 heavy (non-hydrogen) atoms. The van der Waals surface area contributed by atoms with Gasteiger partial charge in [-0.2, -0.15) is 0 Å². The van der Waals surface area contributed by atoms with Gasteiger partial charge in [0.05, 0.1) is 17.6 Å². The first-order chi connectivity index (χ1) is 14.4. The summed E-state index contributed by atoms with van der Waals surface area (Å²) < 4.78 is 10.2. The Hall–Kier alpha value is -3.62. The number of rotatable bonds is 6. The van der Waals surface area contributed by atoms with Crippen LogP contribution in [0.1, 0.15) is 17.3 Å². The number of carbonyl (C=O) groups excluding carboxylic acids is 2. The summed E-state index contributed by atoms with van der Waals surface area (Å²) in [6, 6.07) is 13.7. The minimum absolute atomic E-state index is 0.0175. The molecule has 1 heterocycles. The van der Waals surface area contributed by atoms with Crippen LogP contribution in [0.25, 0.3) is 0 Å². The second-order valence-electron chi connectivity index (χ2n) is 6.84. The lowest BCUT2D eigenvalue weighted by molar-refractivity contribution is -0.385. The molecule has 1 atom stereocenters. The van der Waals surface area contributed by atoms with Crippen LogP contribution in [-0.2, 0) is 9.53 Å². The van der Waals surface area contributed by atoms with E-state index in [0.717, 1.165) is 11.8 Å². The van der Waals surface area contributed by atoms with E-state index in [4.69, 9.17) is 9.47 Å². The van der Waals surface area contributed by atoms with E-state index in [1.54, 1.807) is 4.90 Å². The van der Waals surface area contributed by atoms with Gasteiger partial charge in [-0.1, -0.05) is 18.2 Å². The van der Waals surface area contributed by atoms with Crippen LogP contribution < -0.4 is 9.64 Å². The number of ether oxygens (including phenoxy) is 2. The van der Waals surface area contributed by atoms with Gasteiger partial charge < -0.3 is 19.3 Å². The molecule has 0 radical (unpaired) electrons. The monoisotopic (exact) mass is 413 g/mol. The van der Waals surface area contributed by atoms with Crippen LogP contribution in [-0.4, -0.2) is 61.1 Å². The van der Waals surface area contributed by atoms with Crippen molar-refractivity contribution in [3.63, 3.8) is 0 Å². The third-order valence-electron chi connectivity index (χ3n) is 4.96. The molecule has 2 aromatic carbocycles. The van der Waals surface area contributed by atoms with Crippen molar-refractivity contribution < 1.29 is 24.0 Å². The maximum Gasteiger partial charge on any atom is 0.339 e. The lowest BCUT2D eigenvalue weighted by atomic mass is 10.2. The number of para-hydroxylation sites is 1. The maximum atomic E-state index is 12.7. The highest BCUT2D eigenvalue weighted by molar-refractivity contribution is 5.93. The number of benzene rings is 2. The van der Waals surface area contributed by atoms with Gasteiger partial charge in [-0.3, -0.25) is 14.9 Å². The number of nitro groups is 1. The fraction of sp³-hybridized carbons (Fsp3) is 0.333. The number of hydrogen-bond donors (Lipinski definition) is 0. The first kappa shape index (κ1) is 21.1. The topological polar surface area (TPSA) is 102 Å². The molecule has 0 spiro atoms. The van der Waals surface area contributed by atoms with Gasteiger partial charge in [-0.05, 0) is 31.2 Å². The van der Waals surface area contributed by atoms with E-state index in [2.05, 4.69) is 4.90 Å². The minimum Gasteiger partial charge on any atom is -0.490 e. The first-order valence-corrected chi connectivity index (χ1v) is 9.53. The molecule has 1 aliphatic heterocycles. The lowest BCUT2D eigenvalue weighted by Crippen LogP contribution is -2.51. The third kappa shape index (κ3) is 4.68. The van der Waals surface area contributed by atoms with Crippen molar-refractivity contribution in [3.05, 3.63) is 64.2 Å². The molecule has 1 unspecified atom stereocenters. The number of nitro benzene ring substituents is 1. The molecule has 2 aromatic rings. The average molecular weight is 413 g/mol. The van der Waals surface area contributed by atoms with Crippen molar-refractivity contribution in [1.82, 2.24) is 4.90 Å². The summed E-state index contributed by atoms with van der Waals surface area (Å²) in [7, 11) is 1.30. The van der Waals surface area contributed by atoms with Crippen molar-refractivity contribution >= 4 is 23.3 Å². The van der Waals surface area contributed by atoms with Crippen molar-refractivity contribution in [2.45, 2.75) is 13.0 Å². The lowest BCUT2D eigenvalue weighted by Gasteiger charge is -2.37. The molecule has 0 aromatic heterocycles. The van der Waals surface area contributed by atoms with Crippen LogP contribution >= 0.6 is 0 Å². The van der Waals surface area contributed by atoms with Crippen molar-refractivity contribution in [2.24, 2.45) is 0 Å². The van der Waals surface area contributed by atoms with Crippen molar-refractivity contribution in [2.75, 3.05) is 38.2 Å². The molecule has 0 aliphatic carbocycles. The van der Waals surface area contributed by atoms with Crippen LogP contribution in [0, 0.1) is 10.1 Å². The zero-order valence-electron chi connectivity index (χ0n) is 16.8. The Balaban J connectivity index is 1.59. The highest BCUT2D eigenvalue weighted by Gasteiger charge is 2.28. The third-order valence-corrected chi connectivity index (χ3v) is 4.96. The largest absolute Gasteiger partial charge is 0.490 e. The van der Waals surface area contributed by atoms with Crippen LogP contribution in [0.5, 0.6) is 5.75 Å². The Morgan fingerprint density at radius 1 is 1.07 bits per heavy atom. The summed E-state index contributed by atoms with van der Waals surface area (Å²) in [4.78, 5) is 39.4. The molecular weight excluding hydrogens is 390 g/mol. The fourth-order valence-corrected chi connectivity index (χ4v) is 3.32. The van der Waals surface area contributed by atoms with E-state index in [9.17, 15) is 19.7 Å². The number of piperazine rings is 1. The van der Waals surface area contributed by atoms with E-state index in [1.165, 1.54) is 26.2 Å². The predicted molar refractivity (Wildman–Crippen MR) is 110 cm³/mol. The molecular formula is C21H23N3O6. The van der Waals surface area contributed by atoms with Crippen molar-refractivity contribution in [3.8, 4) is 5.75 Å². The van der Waals surface area contributed by atoms with Crippen LogP contribution in [0.4, 0.5) is 11.4 Å². The summed E-state index contributed by atoms with van der Waals surface area (Å²) >= 11 is 0. The molecule has 158 valence electrons. The number of nitrogens with zero attached hydrogens (tertiary/aromatic N) is 3. The maximum absolute atomic E-state index is 12.7. The molecule has 9 nitrogen and oxygen atoms in total. The van der Waals surface area contributed by atoms with E-state index in [-0.39, 0.29) is 22.9 Å². The summed E-state index contributed by atoms with van der Waals surface area (Å²) in [5.41, 5.74) is 0.740. The van der Waals surface area contributed by atoms with E-state index < -0.39 is 17.0 Å². The number of amides is 1. The van der Waals surface area contributed by atoms with Gasteiger partial charge >= 0.3 is 11.7 Å². The average Bonchev–Trinajstić information content (AvgIpc) is 2.78. The Labute approximate surface area is 173 Å². The smallest absolute Gasteiger partial charge is 0.339 e. The quantitative estimate of drug-likeness (QED) is 0.407. The molecule has 0 N–H and O–H groups in total. The molecule has 1 aliphatic rings. The number of hydrogen-bond acceptors (Lipinski definition) is 7. The van der Waals surface area contributed by atoms with Crippen molar-refractivity contribution in [1.29, 1.82) is 0 Å². The van der Waals surface area contributed by atoms with Crippen LogP contribution in [0.15, 0.2) is 48.5 Å². The first-order valence-electron chi connectivity index (χ1n) is 9.53. The van der Waals surface area contributed by atoms with Gasteiger partial charge in [0.25, 0.3) is 5.91 Å². The van der Waals surface area contributed by atoms with E-state index >= 15 is 0 Å². The number of methoxy groups -OCH3 is 1. The van der Waals surface area contributed by atoms with Gasteiger partial charge in [-0.15, -0.1) is 0 Å². The SMILES string of the molecule is COc1ccc(C(=O)OC(C)C(=O)N2CCN(c3ccccc3)CC2)cc1[N+](=O)[O-]. The van der Waals surface area contributed by atoms with Gasteiger partial charge in [0.1, 0.15) is 0 Å². The Kier molecular flexibility index (Phi) is 6.51. The second-order valence-corrected chi connectivity index (χ2v) is 6.84. The number of esters is 1. The Morgan fingerprint density at radius 3 is 2.33 bits per heavy atom. The van der Waals surface area contributed by atoms with E-state index in [1.807, 2.05) is 30.3 Å². The molecule has 1 saturated heterocycles. The predicted octanol–water partition coefficient (Wildman–Crippen LogP) is 2.50. The standard InChI is InChI=1S/C21H23N3O6/c1-15(30-21(26)16-8-9-19(29-2)18(14-16)24(27)28)20(25)23-12-10-22(11-13-23)17-6-4-3-5-7-17/h3-9,14-15H,10-13H2,1-2H3. The molecule has 3 rings (SSSR count). The zero-order chi connectivity index (χ0) is 21.7. The number of carbonyl (C=O) groups is 2. The second kappa shape index (κ2) is 9.25. The molecule has 1 fully saturated rings. The Morgan fingerprint density at radius 2 is 1.73 bits per heavy atom. The number of anilines is 1. The molecule has 1 amide bonds. The van der Waals surface area contributed by atoms with Crippen LogP contribution in [0.3, 0.4) is 0 Å². The van der Waals surface area contributed by atoms with Crippen LogP contribution in [0.2, 0.25) is 0 Å². The summed E-state index contributed by atoms with van der Waals surface area (Å²) in [6.45, 7) is 3.90. The zero-order valence-corrected chi connectivity index (χ0v) is 16.8. The molecule has 9 heteroatoms. The van der Waals surface area contributed by atoms with Gasteiger partial charge in [0.15, 0.2) is 11.9 Å². The molecule has 0 saturated carbocycles. The Bertz CT molecular complexity index is 926. The summed E-state index contributed by atoms with van der Waals surface area (Å²) in [6.07, 6.45) is -0.998. The van der Waals surface area contributed by atoms with Gasteiger partial charge in [0, 0.05) is 37.9 Å². The minimum atomic E-state index is -0.998. The summed E-state index contributed by atoms with van der Waals surface area (Å²) in [5.74, 6) is -1.06. The molecule has 0 bridgehead atoms. The summed E-state index contributed by atoms with van der Waals surface area (Å²) in [5, 5.41) is 11.1. The fourth-order valence-electron chi connectivity index (χ4n) is 3.32. The van der Waals surface area contributed by atoms with E-state index in [0.29, 0.717) is 26.2 Å². The highest BCUT2D eigenvalue weighted by Crippen LogP contribution is 2.28. The van der Waals surface area contributed by atoms with Gasteiger partial charge in [-0.25, -0.2) is 4.79 Å². The van der Waals surface area contributed by atoms with Gasteiger partial charge in [0.2, 0.25) is 0 Å². The normalized spacial score (nSPS) is 14.7.